The number of hydrogen-bond acceptors (Lipinski definition) is 4. The van der Waals surface area contributed by atoms with Crippen LogP contribution in [-0.4, -0.2) is 45.8 Å². The van der Waals surface area contributed by atoms with Crippen LogP contribution in [0.4, 0.5) is 4.39 Å². The summed E-state index contributed by atoms with van der Waals surface area (Å²) in [4.78, 5) is 25.5. The molecule has 4 aliphatic rings. The zero-order valence-electron chi connectivity index (χ0n) is 20.8. The van der Waals surface area contributed by atoms with E-state index in [0.717, 1.165) is 11.1 Å². The summed E-state index contributed by atoms with van der Waals surface area (Å²) in [6.45, 7) is 5.89. The van der Waals surface area contributed by atoms with E-state index in [1.54, 1.807) is 13.0 Å². The first kappa shape index (κ1) is 24.4. The Kier molecular flexibility index (Phi) is 5.65. The van der Waals surface area contributed by atoms with Crippen molar-refractivity contribution in [3.05, 3.63) is 59.7 Å². The summed E-state index contributed by atoms with van der Waals surface area (Å²) in [6.07, 6.45) is 5.38. The molecule has 0 heterocycles. The van der Waals surface area contributed by atoms with Crippen LogP contribution in [0.25, 0.3) is 0 Å². The van der Waals surface area contributed by atoms with E-state index >= 15 is 4.39 Å². The first-order valence-electron chi connectivity index (χ1n) is 12.8. The quantitative estimate of drug-likeness (QED) is 0.612. The molecule has 35 heavy (non-hydrogen) atoms. The van der Waals surface area contributed by atoms with E-state index in [4.69, 9.17) is 0 Å². The molecule has 0 spiro atoms. The fraction of sp³-hybridized carbons (Fsp3) is 0.586. The number of rotatable bonds is 4. The minimum absolute atomic E-state index is 0.0116. The number of nitrogens with one attached hydrogen (secondary N) is 1. The number of amides is 1. The van der Waals surface area contributed by atoms with Crippen LogP contribution >= 0.6 is 0 Å². The van der Waals surface area contributed by atoms with Gasteiger partial charge in [0.15, 0.2) is 17.1 Å². The van der Waals surface area contributed by atoms with E-state index in [2.05, 4.69) is 5.32 Å². The molecule has 4 aliphatic carbocycles. The average molecular weight is 482 g/mol. The number of allylic oxidation sites excluding steroid dienone is 4. The molecule has 8 atom stereocenters. The Bertz CT molecular complexity index is 1100. The van der Waals surface area contributed by atoms with Gasteiger partial charge in [0.05, 0.1) is 6.10 Å². The minimum Gasteiger partial charge on any atom is -0.390 e. The molecule has 1 amide bonds. The van der Waals surface area contributed by atoms with Crippen LogP contribution in [0.5, 0.6) is 0 Å². The van der Waals surface area contributed by atoms with Crippen molar-refractivity contribution in [3.63, 3.8) is 0 Å². The predicted octanol–water partition coefficient (Wildman–Crippen LogP) is 3.69. The number of alkyl halides is 1. The Hall–Kier alpha value is -2.31. The van der Waals surface area contributed by atoms with E-state index in [1.807, 2.05) is 44.2 Å². The molecule has 5 nitrogen and oxygen atoms in total. The van der Waals surface area contributed by atoms with Gasteiger partial charge in [0.25, 0.3) is 5.91 Å². The fourth-order valence-electron chi connectivity index (χ4n) is 8.13. The zero-order chi connectivity index (χ0) is 25.2. The Morgan fingerprint density at radius 1 is 1.20 bits per heavy atom. The number of aliphatic hydroxyl groups is 2. The lowest BCUT2D eigenvalue weighted by atomic mass is 9.44. The largest absolute Gasteiger partial charge is 0.390 e. The number of ketones is 1. The maximum Gasteiger partial charge on any atom is 0.252 e. The summed E-state index contributed by atoms with van der Waals surface area (Å²) in [5.74, 6) is -1.75. The molecular formula is C29H36FNO4. The molecule has 5 rings (SSSR count). The fourth-order valence-corrected chi connectivity index (χ4v) is 8.13. The van der Waals surface area contributed by atoms with Crippen molar-refractivity contribution in [2.24, 2.45) is 28.6 Å². The number of carbonyl (C=O) groups excluding carboxylic acids is 2. The molecule has 3 saturated carbocycles. The Morgan fingerprint density at radius 3 is 2.63 bits per heavy atom. The van der Waals surface area contributed by atoms with Crippen molar-refractivity contribution in [1.29, 1.82) is 0 Å². The third kappa shape index (κ3) is 3.18. The number of aliphatic hydroxyl groups excluding tert-OH is 1. The molecular weight excluding hydrogens is 445 g/mol. The van der Waals surface area contributed by atoms with E-state index in [9.17, 15) is 19.8 Å². The Labute approximate surface area is 206 Å². The Balaban J connectivity index is 1.43. The highest BCUT2D eigenvalue weighted by Gasteiger charge is 2.75. The van der Waals surface area contributed by atoms with Crippen LogP contribution in [-0.2, 0) is 16.0 Å². The van der Waals surface area contributed by atoms with E-state index in [0.29, 0.717) is 32.2 Å². The number of benzene rings is 1. The highest BCUT2D eigenvalue weighted by Crippen LogP contribution is 2.70. The molecule has 3 fully saturated rings. The van der Waals surface area contributed by atoms with Crippen LogP contribution in [0.1, 0.15) is 52.0 Å². The number of halogens is 1. The molecule has 1 aromatic rings. The van der Waals surface area contributed by atoms with Crippen LogP contribution in [0.2, 0.25) is 0 Å². The molecule has 0 bridgehead atoms. The lowest BCUT2D eigenvalue weighted by Crippen LogP contribution is -2.70. The highest BCUT2D eigenvalue weighted by molar-refractivity contribution is 6.01. The topological polar surface area (TPSA) is 86.6 Å². The summed E-state index contributed by atoms with van der Waals surface area (Å²) in [7, 11) is 0. The average Bonchev–Trinajstić information content (AvgIpc) is 3.02. The molecule has 0 aromatic heterocycles. The lowest BCUT2D eigenvalue weighted by Gasteiger charge is -2.62. The van der Waals surface area contributed by atoms with Gasteiger partial charge in [-0.15, -0.1) is 0 Å². The summed E-state index contributed by atoms with van der Waals surface area (Å²) < 4.78 is 17.2. The van der Waals surface area contributed by atoms with Gasteiger partial charge in [-0.25, -0.2) is 4.39 Å². The second kappa shape index (κ2) is 8.10. The standard InChI is InChI=1S/C29H36FNO4/c1-18-15-23-22-10-9-20-16-21(32)11-13-26(20,2)28(22,30)24(33)17-27(23,3)29(18,35)25(34)31-14-12-19-7-5-4-6-8-19/h4-8,11,13,16,18,22-24,33,35H,9-10,12,14-15,17H2,1-3H3,(H,31,34). The molecule has 3 N–H and O–H groups in total. The third-order valence-corrected chi connectivity index (χ3v) is 10.1. The van der Waals surface area contributed by atoms with Crippen LogP contribution in [0, 0.1) is 28.6 Å². The number of hydrogen-bond donors (Lipinski definition) is 3. The van der Waals surface area contributed by atoms with Gasteiger partial charge >= 0.3 is 0 Å². The number of fused-ring (bicyclic) bond motifs is 5. The van der Waals surface area contributed by atoms with Gasteiger partial charge in [-0.3, -0.25) is 9.59 Å². The summed E-state index contributed by atoms with van der Waals surface area (Å²) in [5, 5.41) is 26.3. The van der Waals surface area contributed by atoms with Crippen LogP contribution in [0.3, 0.4) is 0 Å². The van der Waals surface area contributed by atoms with Gasteiger partial charge < -0.3 is 15.5 Å². The minimum atomic E-state index is -1.97. The van der Waals surface area contributed by atoms with Crippen molar-refractivity contribution < 1.29 is 24.2 Å². The summed E-state index contributed by atoms with van der Waals surface area (Å²) >= 11 is 0. The van der Waals surface area contributed by atoms with E-state index in [1.165, 1.54) is 12.2 Å². The van der Waals surface area contributed by atoms with Gasteiger partial charge in [0.1, 0.15) is 0 Å². The van der Waals surface area contributed by atoms with Crippen LogP contribution in [0.15, 0.2) is 54.1 Å². The predicted molar refractivity (Wildman–Crippen MR) is 131 cm³/mol. The van der Waals surface area contributed by atoms with Gasteiger partial charge in [0.2, 0.25) is 0 Å². The molecule has 0 aliphatic heterocycles. The van der Waals surface area contributed by atoms with Gasteiger partial charge in [-0.2, -0.15) is 0 Å². The maximum atomic E-state index is 17.2. The second-order valence-electron chi connectivity index (χ2n) is 11.7. The van der Waals surface area contributed by atoms with Crippen molar-refractivity contribution in [2.45, 2.75) is 70.2 Å². The first-order chi connectivity index (χ1) is 16.5. The molecule has 188 valence electrons. The van der Waals surface area contributed by atoms with Gasteiger partial charge in [-0.1, -0.05) is 55.8 Å². The maximum absolute atomic E-state index is 17.2. The number of carbonyl (C=O) groups is 2. The highest BCUT2D eigenvalue weighted by atomic mass is 19.1. The normalized spacial score (nSPS) is 44.2. The molecule has 0 saturated heterocycles. The molecule has 8 unspecified atom stereocenters. The van der Waals surface area contributed by atoms with Crippen molar-refractivity contribution in [3.8, 4) is 0 Å². The van der Waals surface area contributed by atoms with Gasteiger partial charge in [-0.05, 0) is 68.6 Å². The van der Waals surface area contributed by atoms with E-state index in [-0.39, 0.29) is 24.0 Å². The lowest BCUT2D eigenvalue weighted by molar-refractivity contribution is -0.219. The van der Waals surface area contributed by atoms with E-state index < -0.39 is 40.0 Å². The monoisotopic (exact) mass is 481 g/mol. The Morgan fingerprint density at radius 2 is 1.91 bits per heavy atom. The second-order valence-corrected chi connectivity index (χ2v) is 11.7. The van der Waals surface area contributed by atoms with Crippen molar-refractivity contribution in [1.82, 2.24) is 5.32 Å². The van der Waals surface area contributed by atoms with Gasteiger partial charge in [0, 0.05) is 23.3 Å². The van der Waals surface area contributed by atoms with Crippen LogP contribution < -0.4 is 5.32 Å². The molecule has 1 aromatic carbocycles. The smallest absolute Gasteiger partial charge is 0.252 e. The third-order valence-electron chi connectivity index (χ3n) is 10.1. The zero-order valence-corrected chi connectivity index (χ0v) is 20.8. The molecule has 0 radical (unpaired) electrons. The summed E-state index contributed by atoms with van der Waals surface area (Å²) in [5.41, 5.74) is -3.89. The van der Waals surface area contributed by atoms with Crippen molar-refractivity contribution >= 4 is 11.7 Å². The molecule has 6 heteroatoms. The summed E-state index contributed by atoms with van der Waals surface area (Å²) in [6, 6.07) is 9.83. The van der Waals surface area contributed by atoms with Crippen molar-refractivity contribution in [2.75, 3.05) is 6.54 Å². The first-order valence-corrected chi connectivity index (χ1v) is 12.8. The SMILES string of the molecule is CC1CC2C3CCC4=CC(=O)C=CC4(C)C3(F)C(O)CC2(C)C1(O)C(=O)NCCc1ccccc1.